The van der Waals surface area contributed by atoms with Gasteiger partial charge in [-0.1, -0.05) is 19.9 Å². The maximum atomic E-state index is 12.8. The van der Waals surface area contributed by atoms with Crippen LogP contribution in [0.15, 0.2) is 24.3 Å². The van der Waals surface area contributed by atoms with Crippen LogP contribution in [0.5, 0.6) is 0 Å². The normalized spacial score (nSPS) is 15.9. The predicted molar refractivity (Wildman–Crippen MR) is 107 cm³/mol. The fraction of sp³-hybridized carbons (Fsp3) is 0.571. The highest BCUT2D eigenvalue weighted by Crippen LogP contribution is 2.12. The molecule has 1 saturated heterocycles. The maximum absolute atomic E-state index is 12.8. The second kappa shape index (κ2) is 9.13. The summed E-state index contributed by atoms with van der Waals surface area (Å²) in [5, 5.41) is 7.25. The zero-order chi connectivity index (χ0) is 19.2. The Morgan fingerprint density at radius 1 is 1.22 bits per heavy atom. The minimum Gasteiger partial charge on any atom is -0.336 e. The molecule has 1 N–H and O–H groups in total. The first kappa shape index (κ1) is 19.5. The summed E-state index contributed by atoms with van der Waals surface area (Å²) in [5.74, 6) is 0.589. The van der Waals surface area contributed by atoms with Gasteiger partial charge in [0.05, 0.1) is 0 Å². The average Bonchev–Trinajstić information content (AvgIpc) is 2.95. The van der Waals surface area contributed by atoms with Crippen molar-refractivity contribution in [3.63, 3.8) is 0 Å². The molecule has 0 aliphatic carbocycles. The Hall–Kier alpha value is -2.21. The number of carbonyl (C=O) groups excluding carboxylic acids is 1. The van der Waals surface area contributed by atoms with Gasteiger partial charge in [0.15, 0.2) is 0 Å². The van der Waals surface area contributed by atoms with Gasteiger partial charge >= 0.3 is 0 Å². The smallest absolute Gasteiger partial charge is 0.274 e. The molecule has 0 saturated carbocycles. The van der Waals surface area contributed by atoms with E-state index in [-0.39, 0.29) is 5.91 Å². The van der Waals surface area contributed by atoms with Crippen LogP contribution in [0.4, 0.5) is 0 Å². The van der Waals surface area contributed by atoms with Crippen molar-refractivity contribution in [1.82, 2.24) is 25.0 Å². The summed E-state index contributed by atoms with van der Waals surface area (Å²) in [6, 6.07) is 8.10. The van der Waals surface area contributed by atoms with Crippen LogP contribution in [-0.2, 0) is 12.8 Å². The number of carbonyl (C=O) groups is 1. The molecule has 0 radical (unpaired) electrons. The largest absolute Gasteiger partial charge is 0.336 e. The van der Waals surface area contributed by atoms with Crippen LogP contribution in [0, 0.1) is 12.8 Å². The van der Waals surface area contributed by atoms with E-state index in [1.54, 1.807) is 0 Å². The third-order valence-electron chi connectivity index (χ3n) is 4.98. The molecule has 0 bridgehead atoms. The number of nitrogens with one attached hydrogen (secondary N) is 1. The zero-order valence-corrected chi connectivity index (χ0v) is 16.7. The van der Waals surface area contributed by atoms with Gasteiger partial charge in [-0.15, -0.1) is 0 Å². The van der Waals surface area contributed by atoms with Gasteiger partial charge in [-0.2, -0.15) is 5.10 Å². The van der Waals surface area contributed by atoms with Crippen LogP contribution in [0.1, 0.15) is 47.8 Å². The molecule has 0 spiro atoms. The van der Waals surface area contributed by atoms with Gasteiger partial charge in [-0.05, 0) is 50.4 Å². The molecule has 3 heterocycles. The number of rotatable bonds is 6. The molecule has 0 atom stereocenters. The molecule has 27 heavy (non-hydrogen) atoms. The molecule has 2 aromatic rings. The standard InChI is InChI=1S/C21H31N5O/c1-16(2)14-19-15-20(24-23-19)21(27)26-10-5-9-25(12-13-26)11-8-18-7-4-6-17(3)22-18/h4,6-7,15-16H,5,8-14H2,1-3H3,(H,23,24). The molecule has 1 fully saturated rings. The van der Waals surface area contributed by atoms with Crippen LogP contribution in [0.2, 0.25) is 0 Å². The van der Waals surface area contributed by atoms with E-state index in [1.165, 1.54) is 0 Å². The molecule has 2 aromatic heterocycles. The van der Waals surface area contributed by atoms with Gasteiger partial charge in [0.2, 0.25) is 0 Å². The Labute approximate surface area is 162 Å². The Morgan fingerprint density at radius 3 is 2.85 bits per heavy atom. The van der Waals surface area contributed by atoms with Crippen molar-refractivity contribution in [3.8, 4) is 0 Å². The lowest BCUT2D eigenvalue weighted by Crippen LogP contribution is -2.36. The number of aryl methyl sites for hydroxylation is 1. The molecule has 6 heteroatoms. The van der Waals surface area contributed by atoms with E-state index in [1.807, 2.05) is 24.0 Å². The second-order valence-corrected chi connectivity index (χ2v) is 7.88. The molecule has 1 aliphatic heterocycles. The highest BCUT2D eigenvalue weighted by atomic mass is 16.2. The Kier molecular flexibility index (Phi) is 6.61. The molecule has 1 amide bonds. The van der Waals surface area contributed by atoms with Crippen LogP contribution in [0.25, 0.3) is 0 Å². The first-order chi connectivity index (χ1) is 13.0. The molecular weight excluding hydrogens is 338 g/mol. The van der Waals surface area contributed by atoms with Gasteiger partial charge < -0.3 is 9.80 Å². The average molecular weight is 370 g/mol. The molecule has 0 aromatic carbocycles. The lowest BCUT2D eigenvalue weighted by Gasteiger charge is -2.21. The minimum absolute atomic E-state index is 0.0449. The van der Waals surface area contributed by atoms with Crippen LogP contribution >= 0.6 is 0 Å². The van der Waals surface area contributed by atoms with E-state index in [9.17, 15) is 4.79 Å². The number of aromatic nitrogens is 3. The second-order valence-electron chi connectivity index (χ2n) is 7.88. The fourth-order valence-corrected chi connectivity index (χ4v) is 3.59. The summed E-state index contributed by atoms with van der Waals surface area (Å²) in [7, 11) is 0. The molecule has 6 nitrogen and oxygen atoms in total. The van der Waals surface area contributed by atoms with E-state index in [4.69, 9.17) is 0 Å². The number of hydrogen-bond donors (Lipinski definition) is 1. The number of H-pyrrole nitrogens is 1. The number of pyridine rings is 1. The summed E-state index contributed by atoms with van der Waals surface area (Å²) in [5.41, 5.74) is 3.79. The SMILES string of the molecule is Cc1cccc(CCN2CCCN(C(=O)c3cc(CC(C)C)[nH]n3)CC2)n1. The molecule has 146 valence electrons. The van der Waals surface area contributed by atoms with Crippen molar-refractivity contribution < 1.29 is 4.79 Å². The van der Waals surface area contributed by atoms with Crippen LogP contribution in [0.3, 0.4) is 0 Å². The lowest BCUT2D eigenvalue weighted by atomic mass is 10.1. The van der Waals surface area contributed by atoms with Gasteiger partial charge in [-0.3, -0.25) is 14.9 Å². The van der Waals surface area contributed by atoms with E-state index < -0.39 is 0 Å². The monoisotopic (exact) mass is 369 g/mol. The van der Waals surface area contributed by atoms with Crippen molar-refractivity contribution in [1.29, 1.82) is 0 Å². The summed E-state index contributed by atoms with van der Waals surface area (Å²) < 4.78 is 0. The fourth-order valence-electron chi connectivity index (χ4n) is 3.59. The summed E-state index contributed by atoms with van der Waals surface area (Å²) in [6.45, 7) is 10.8. The number of hydrogen-bond acceptors (Lipinski definition) is 4. The van der Waals surface area contributed by atoms with Crippen molar-refractivity contribution >= 4 is 5.91 Å². The molecule has 1 aliphatic rings. The Bertz CT molecular complexity index is 755. The van der Waals surface area contributed by atoms with E-state index >= 15 is 0 Å². The van der Waals surface area contributed by atoms with Crippen molar-refractivity contribution in [2.24, 2.45) is 5.92 Å². The highest BCUT2D eigenvalue weighted by Gasteiger charge is 2.22. The van der Waals surface area contributed by atoms with Gasteiger partial charge in [0, 0.05) is 49.7 Å². The third-order valence-corrected chi connectivity index (χ3v) is 4.98. The van der Waals surface area contributed by atoms with Gasteiger partial charge in [-0.25, -0.2) is 0 Å². The minimum atomic E-state index is 0.0449. The van der Waals surface area contributed by atoms with Crippen molar-refractivity contribution in [3.05, 3.63) is 47.0 Å². The first-order valence-electron chi connectivity index (χ1n) is 9.99. The van der Waals surface area contributed by atoms with Crippen LogP contribution in [-0.4, -0.2) is 63.6 Å². The first-order valence-corrected chi connectivity index (χ1v) is 9.99. The highest BCUT2D eigenvalue weighted by molar-refractivity contribution is 5.92. The zero-order valence-electron chi connectivity index (χ0n) is 16.7. The summed E-state index contributed by atoms with van der Waals surface area (Å²) in [4.78, 5) is 21.8. The summed E-state index contributed by atoms with van der Waals surface area (Å²) >= 11 is 0. The Balaban J connectivity index is 1.51. The predicted octanol–water partition coefficient (Wildman–Crippen LogP) is 2.70. The van der Waals surface area contributed by atoms with Crippen molar-refractivity contribution in [2.75, 3.05) is 32.7 Å². The number of amides is 1. The number of aromatic amines is 1. The quantitative estimate of drug-likeness (QED) is 0.850. The topological polar surface area (TPSA) is 65.1 Å². The molecule has 3 rings (SSSR count). The van der Waals surface area contributed by atoms with Crippen LogP contribution < -0.4 is 0 Å². The maximum Gasteiger partial charge on any atom is 0.274 e. The van der Waals surface area contributed by atoms with E-state index in [0.717, 1.165) is 69.1 Å². The third kappa shape index (κ3) is 5.63. The van der Waals surface area contributed by atoms with Crippen molar-refractivity contribution in [2.45, 2.75) is 40.0 Å². The lowest BCUT2D eigenvalue weighted by molar-refractivity contribution is 0.0755. The van der Waals surface area contributed by atoms with E-state index in [0.29, 0.717) is 11.6 Å². The number of nitrogens with zero attached hydrogens (tertiary/aromatic N) is 4. The summed E-state index contributed by atoms with van der Waals surface area (Å²) in [6.07, 6.45) is 2.87. The van der Waals surface area contributed by atoms with Gasteiger partial charge in [0.1, 0.15) is 5.69 Å². The Morgan fingerprint density at radius 2 is 2.07 bits per heavy atom. The van der Waals surface area contributed by atoms with E-state index in [2.05, 4.69) is 46.1 Å². The van der Waals surface area contributed by atoms with Gasteiger partial charge in [0.25, 0.3) is 5.91 Å². The molecular formula is C21H31N5O. The molecule has 0 unspecified atom stereocenters.